The summed E-state index contributed by atoms with van der Waals surface area (Å²) in [6.07, 6.45) is 11.1. The predicted octanol–water partition coefficient (Wildman–Crippen LogP) is 6.23. The third-order valence-electron chi connectivity index (χ3n) is 7.78. The number of halogens is 1. The van der Waals surface area contributed by atoms with Crippen molar-refractivity contribution in [2.24, 2.45) is 11.8 Å². The lowest BCUT2D eigenvalue weighted by atomic mass is 9.87. The van der Waals surface area contributed by atoms with Crippen LogP contribution in [-0.4, -0.2) is 30.8 Å². The molecule has 0 N–H and O–H groups in total. The maximum atomic E-state index is 11.3. The number of fused-ring (bicyclic) bond motifs is 1. The fourth-order valence-electron chi connectivity index (χ4n) is 5.25. The SMILES string of the molecule is Cc1cc(C#N)ccc1COc1nc(C2=CCC(Cc3nc4ccc(C=O)nc4n3CC3CC3)CC2)ncc1I. The summed E-state index contributed by atoms with van der Waals surface area (Å²) in [5.41, 5.74) is 5.99. The summed E-state index contributed by atoms with van der Waals surface area (Å²) in [5, 5.41) is 9.11. The van der Waals surface area contributed by atoms with Gasteiger partial charge in [-0.15, -0.1) is 0 Å². The van der Waals surface area contributed by atoms with Gasteiger partial charge in [-0.1, -0.05) is 12.1 Å². The van der Waals surface area contributed by atoms with Gasteiger partial charge in [0.1, 0.15) is 23.6 Å². The molecule has 3 aromatic heterocycles. The number of rotatable bonds is 9. The largest absolute Gasteiger partial charge is 0.472 e. The van der Waals surface area contributed by atoms with E-state index in [1.807, 2.05) is 37.4 Å². The molecule has 0 aliphatic heterocycles. The van der Waals surface area contributed by atoms with Crippen molar-refractivity contribution in [2.45, 2.75) is 58.6 Å². The Balaban J connectivity index is 1.15. The van der Waals surface area contributed by atoms with E-state index >= 15 is 0 Å². The third-order valence-corrected chi connectivity index (χ3v) is 8.52. The van der Waals surface area contributed by atoms with Crippen molar-refractivity contribution in [3.8, 4) is 11.9 Å². The first-order chi connectivity index (χ1) is 19.5. The Hall–Kier alpha value is -3.65. The number of nitriles is 1. The van der Waals surface area contributed by atoms with Crippen LogP contribution in [0.25, 0.3) is 16.7 Å². The Morgan fingerprint density at radius 2 is 2.02 bits per heavy atom. The highest BCUT2D eigenvalue weighted by Crippen LogP contribution is 2.35. The van der Waals surface area contributed by atoms with Crippen molar-refractivity contribution in [3.63, 3.8) is 0 Å². The van der Waals surface area contributed by atoms with Gasteiger partial charge in [0.05, 0.1) is 15.2 Å². The summed E-state index contributed by atoms with van der Waals surface area (Å²) in [4.78, 5) is 30.2. The first-order valence-corrected chi connectivity index (χ1v) is 14.7. The number of carbonyl (C=O) groups is 1. The Labute approximate surface area is 246 Å². The quantitative estimate of drug-likeness (QED) is 0.157. The van der Waals surface area contributed by atoms with E-state index in [4.69, 9.17) is 20.0 Å². The zero-order valence-corrected chi connectivity index (χ0v) is 24.5. The smallest absolute Gasteiger partial charge is 0.231 e. The summed E-state index contributed by atoms with van der Waals surface area (Å²) in [7, 11) is 0. The average Bonchev–Trinajstić information content (AvgIpc) is 3.74. The van der Waals surface area contributed by atoms with Crippen molar-refractivity contribution in [1.82, 2.24) is 24.5 Å². The van der Waals surface area contributed by atoms with Crippen LogP contribution in [-0.2, 0) is 19.6 Å². The zero-order valence-electron chi connectivity index (χ0n) is 22.3. The van der Waals surface area contributed by atoms with Gasteiger partial charge in [-0.3, -0.25) is 4.79 Å². The Morgan fingerprint density at radius 3 is 2.75 bits per heavy atom. The lowest BCUT2D eigenvalue weighted by Gasteiger charge is -2.22. The lowest BCUT2D eigenvalue weighted by Crippen LogP contribution is -2.14. The molecule has 40 heavy (non-hydrogen) atoms. The van der Waals surface area contributed by atoms with Crippen LogP contribution in [0.4, 0.5) is 0 Å². The van der Waals surface area contributed by atoms with E-state index in [0.29, 0.717) is 35.6 Å². The van der Waals surface area contributed by atoms with Crippen molar-refractivity contribution in [2.75, 3.05) is 0 Å². The number of hydrogen-bond donors (Lipinski definition) is 0. The molecule has 9 heteroatoms. The number of carbonyl (C=O) groups excluding carboxylic acids is 1. The van der Waals surface area contributed by atoms with Crippen LogP contribution < -0.4 is 4.74 Å². The average molecular weight is 645 g/mol. The number of pyridine rings is 1. The normalized spacial score (nSPS) is 16.9. The van der Waals surface area contributed by atoms with Gasteiger partial charge in [0, 0.05) is 19.2 Å². The van der Waals surface area contributed by atoms with E-state index in [-0.39, 0.29) is 0 Å². The fraction of sp³-hybridized carbons (Fsp3) is 0.355. The van der Waals surface area contributed by atoms with Gasteiger partial charge < -0.3 is 9.30 Å². The van der Waals surface area contributed by atoms with Crippen LogP contribution in [0.5, 0.6) is 5.88 Å². The number of ether oxygens (including phenoxy) is 1. The molecule has 0 saturated heterocycles. The van der Waals surface area contributed by atoms with E-state index in [1.165, 1.54) is 12.8 Å². The molecule has 4 aromatic rings. The molecule has 1 atom stereocenters. The molecule has 1 unspecified atom stereocenters. The van der Waals surface area contributed by atoms with Gasteiger partial charge in [0.2, 0.25) is 5.88 Å². The molecule has 1 saturated carbocycles. The number of aldehydes is 1. The maximum absolute atomic E-state index is 11.3. The topological polar surface area (TPSA) is 107 Å². The van der Waals surface area contributed by atoms with Crippen molar-refractivity contribution >= 4 is 45.6 Å². The van der Waals surface area contributed by atoms with Crippen LogP contribution in [0.15, 0.2) is 42.6 Å². The Bertz CT molecular complexity index is 1670. The predicted molar refractivity (Wildman–Crippen MR) is 160 cm³/mol. The molecule has 6 rings (SSSR count). The number of aryl methyl sites for hydroxylation is 1. The molecule has 0 amide bonds. The molecule has 1 aromatic carbocycles. The molecule has 0 radical (unpaired) electrons. The highest BCUT2D eigenvalue weighted by molar-refractivity contribution is 14.1. The minimum atomic E-state index is 0.385. The van der Waals surface area contributed by atoms with E-state index in [0.717, 1.165) is 81.6 Å². The van der Waals surface area contributed by atoms with Gasteiger partial charge >= 0.3 is 0 Å². The standard InChI is InChI=1S/C31H29IN6O2/c1-19-12-22(14-33)6-9-24(19)18-40-31-26(32)15-34-29(37-31)23-7-4-20(5-8-23)13-28-36-27-11-10-25(17-39)35-30(27)38(28)16-21-2-3-21/h6-7,9-12,15,17,20-21H,2-5,8,13,16,18H2,1H3. The summed E-state index contributed by atoms with van der Waals surface area (Å²) >= 11 is 2.21. The molecular formula is C31H29IN6O2. The number of benzene rings is 1. The van der Waals surface area contributed by atoms with Crippen LogP contribution >= 0.6 is 22.6 Å². The Morgan fingerprint density at radius 1 is 1.15 bits per heavy atom. The first-order valence-electron chi connectivity index (χ1n) is 13.7. The van der Waals surface area contributed by atoms with Crippen molar-refractivity contribution < 1.29 is 9.53 Å². The number of imidazole rings is 1. The minimum absolute atomic E-state index is 0.385. The molecule has 2 aliphatic rings. The molecule has 1 fully saturated rings. The molecule has 8 nitrogen and oxygen atoms in total. The summed E-state index contributed by atoms with van der Waals surface area (Å²) in [6, 6.07) is 11.4. The van der Waals surface area contributed by atoms with Crippen LogP contribution in [0.2, 0.25) is 0 Å². The maximum Gasteiger partial charge on any atom is 0.231 e. The molecular weight excluding hydrogens is 615 g/mol. The summed E-state index contributed by atoms with van der Waals surface area (Å²) in [5.74, 6) is 3.53. The van der Waals surface area contributed by atoms with E-state index in [9.17, 15) is 4.79 Å². The highest BCUT2D eigenvalue weighted by Gasteiger charge is 2.27. The molecule has 3 heterocycles. The van der Waals surface area contributed by atoms with Gasteiger partial charge in [-0.2, -0.15) is 10.2 Å². The molecule has 2 aliphatic carbocycles. The van der Waals surface area contributed by atoms with Crippen molar-refractivity contribution in [3.05, 3.63) is 80.2 Å². The number of aromatic nitrogens is 5. The van der Waals surface area contributed by atoms with E-state index in [1.54, 1.807) is 6.07 Å². The van der Waals surface area contributed by atoms with Gasteiger partial charge in [-0.05, 0) is 114 Å². The molecule has 202 valence electrons. The fourth-order valence-corrected chi connectivity index (χ4v) is 5.67. The molecule has 0 bridgehead atoms. The van der Waals surface area contributed by atoms with E-state index in [2.05, 4.69) is 49.3 Å². The number of nitrogens with zero attached hydrogens (tertiary/aromatic N) is 6. The highest BCUT2D eigenvalue weighted by atomic mass is 127. The van der Waals surface area contributed by atoms with Crippen molar-refractivity contribution in [1.29, 1.82) is 5.26 Å². The summed E-state index contributed by atoms with van der Waals surface area (Å²) < 4.78 is 9.21. The van der Waals surface area contributed by atoms with Gasteiger partial charge in [0.25, 0.3) is 0 Å². The second-order valence-corrected chi connectivity index (χ2v) is 11.9. The van der Waals surface area contributed by atoms with Crippen LogP contribution in [0, 0.1) is 33.7 Å². The monoisotopic (exact) mass is 644 g/mol. The minimum Gasteiger partial charge on any atom is -0.472 e. The lowest BCUT2D eigenvalue weighted by molar-refractivity contribution is 0.111. The molecule has 0 spiro atoms. The number of hydrogen-bond acceptors (Lipinski definition) is 7. The first kappa shape index (κ1) is 26.6. The second kappa shape index (κ2) is 11.5. The Kier molecular flexibility index (Phi) is 7.61. The number of allylic oxidation sites excluding steroid dienone is 2. The third kappa shape index (κ3) is 5.77. The van der Waals surface area contributed by atoms with E-state index < -0.39 is 0 Å². The van der Waals surface area contributed by atoms with Gasteiger partial charge in [-0.25, -0.2) is 15.0 Å². The van der Waals surface area contributed by atoms with Crippen LogP contribution in [0.3, 0.4) is 0 Å². The van der Waals surface area contributed by atoms with Gasteiger partial charge in [0.15, 0.2) is 17.8 Å². The summed E-state index contributed by atoms with van der Waals surface area (Å²) in [6.45, 7) is 3.30. The zero-order chi connectivity index (χ0) is 27.6. The second-order valence-electron chi connectivity index (χ2n) is 10.7. The van der Waals surface area contributed by atoms with Crippen LogP contribution in [0.1, 0.15) is 70.9 Å².